The van der Waals surface area contributed by atoms with Crippen LogP contribution in [0, 0.1) is 18.6 Å². The largest absolute Gasteiger partial charge is 0.503 e. The number of phenolic OH excluding ortho intramolecular Hbond substituents is 1. The lowest BCUT2D eigenvalue weighted by Crippen LogP contribution is -1.97. The molecule has 0 aliphatic heterocycles. The van der Waals surface area contributed by atoms with E-state index < -0.39 is 17.4 Å². The SMILES string of the molecule is Cc1cnn(-c2cc(F)cc(F)c2O)c1. The summed E-state index contributed by atoms with van der Waals surface area (Å²) in [4.78, 5) is 0. The Morgan fingerprint density at radius 2 is 2.07 bits per heavy atom. The van der Waals surface area contributed by atoms with E-state index >= 15 is 0 Å². The van der Waals surface area contributed by atoms with Gasteiger partial charge in [-0.15, -0.1) is 0 Å². The zero-order valence-corrected chi connectivity index (χ0v) is 7.91. The molecule has 2 aromatic rings. The number of phenols is 1. The van der Waals surface area contributed by atoms with Crippen LogP contribution in [0.25, 0.3) is 5.69 Å². The maximum absolute atomic E-state index is 13.0. The number of halogens is 2. The van der Waals surface area contributed by atoms with Crippen molar-refractivity contribution in [2.45, 2.75) is 6.92 Å². The summed E-state index contributed by atoms with van der Waals surface area (Å²) in [5, 5.41) is 13.2. The first-order valence-corrected chi connectivity index (χ1v) is 4.27. The summed E-state index contributed by atoms with van der Waals surface area (Å²) >= 11 is 0. The van der Waals surface area contributed by atoms with Gasteiger partial charge >= 0.3 is 0 Å². The van der Waals surface area contributed by atoms with E-state index in [2.05, 4.69) is 5.10 Å². The molecule has 15 heavy (non-hydrogen) atoms. The third kappa shape index (κ3) is 1.68. The molecular weight excluding hydrogens is 202 g/mol. The molecule has 1 heterocycles. The molecule has 0 unspecified atom stereocenters. The highest BCUT2D eigenvalue weighted by Gasteiger charge is 2.12. The van der Waals surface area contributed by atoms with E-state index in [1.54, 1.807) is 13.1 Å². The predicted octanol–water partition coefficient (Wildman–Crippen LogP) is 2.16. The third-order valence-electron chi connectivity index (χ3n) is 1.97. The Labute approximate surface area is 84.6 Å². The molecule has 1 aromatic heterocycles. The fourth-order valence-corrected chi connectivity index (χ4v) is 1.27. The summed E-state index contributed by atoms with van der Waals surface area (Å²) in [5.74, 6) is -2.37. The van der Waals surface area contributed by atoms with E-state index in [4.69, 9.17) is 0 Å². The normalized spacial score (nSPS) is 10.6. The van der Waals surface area contributed by atoms with Crippen LogP contribution in [-0.4, -0.2) is 14.9 Å². The molecule has 0 spiro atoms. The Kier molecular flexibility index (Phi) is 2.15. The van der Waals surface area contributed by atoms with Gasteiger partial charge < -0.3 is 5.11 Å². The van der Waals surface area contributed by atoms with Crippen LogP contribution < -0.4 is 0 Å². The Bertz CT molecular complexity index is 508. The molecular formula is C10H8F2N2O. The maximum Gasteiger partial charge on any atom is 0.177 e. The number of aromatic nitrogens is 2. The molecule has 0 aliphatic carbocycles. The maximum atomic E-state index is 13.0. The van der Waals surface area contributed by atoms with Crippen LogP contribution in [0.3, 0.4) is 0 Å². The monoisotopic (exact) mass is 210 g/mol. The van der Waals surface area contributed by atoms with Crippen molar-refractivity contribution in [1.29, 1.82) is 0 Å². The lowest BCUT2D eigenvalue weighted by molar-refractivity contribution is 0.423. The quantitative estimate of drug-likeness (QED) is 0.783. The van der Waals surface area contributed by atoms with E-state index in [0.717, 1.165) is 11.6 Å². The zero-order chi connectivity index (χ0) is 11.0. The van der Waals surface area contributed by atoms with E-state index in [1.165, 1.54) is 10.9 Å². The Hall–Kier alpha value is -1.91. The molecule has 0 radical (unpaired) electrons. The van der Waals surface area contributed by atoms with Gasteiger partial charge in [0.1, 0.15) is 11.5 Å². The van der Waals surface area contributed by atoms with Gasteiger partial charge in [0.25, 0.3) is 0 Å². The summed E-state index contributed by atoms with van der Waals surface area (Å²) in [6.45, 7) is 1.79. The van der Waals surface area contributed by atoms with Crippen LogP contribution >= 0.6 is 0 Å². The highest BCUT2D eigenvalue weighted by Crippen LogP contribution is 2.25. The number of nitrogens with zero attached hydrogens (tertiary/aromatic N) is 2. The highest BCUT2D eigenvalue weighted by atomic mass is 19.1. The molecule has 1 N–H and O–H groups in total. The van der Waals surface area contributed by atoms with Crippen molar-refractivity contribution in [2.24, 2.45) is 0 Å². The van der Waals surface area contributed by atoms with Crippen LogP contribution in [0.1, 0.15) is 5.56 Å². The summed E-state index contributed by atoms with van der Waals surface area (Å²) in [6.07, 6.45) is 3.09. The van der Waals surface area contributed by atoms with Crippen LogP contribution in [0.4, 0.5) is 8.78 Å². The smallest absolute Gasteiger partial charge is 0.177 e. The summed E-state index contributed by atoms with van der Waals surface area (Å²) in [5.41, 5.74) is 0.819. The molecule has 0 saturated heterocycles. The van der Waals surface area contributed by atoms with Gasteiger partial charge in [-0.1, -0.05) is 0 Å². The fourth-order valence-electron chi connectivity index (χ4n) is 1.27. The van der Waals surface area contributed by atoms with Gasteiger partial charge in [-0.2, -0.15) is 5.10 Å². The van der Waals surface area contributed by atoms with E-state index in [1.807, 2.05) is 0 Å². The van der Waals surface area contributed by atoms with Crippen molar-refractivity contribution >= 4 is 0 Å². The Balaban J connectivity index is 2.62. The third-order valence-corrected chi connectivity index (χ3v) is 1.97. The van der Waals surface area contributed by atoms with Crippen molar-refractivity contribution in [1.82, 2.24) is 9.78 Å². The minimum Gasteiger partial charge on any atom is -0.503 e. The van der Waals surface area contributed by atoms with Gasteiger partial charge in [0, 0.05) is 18.3 Å². The lowest BCUT2D eigenvalue weighted by atomic mass is 10.2. The highest BCUT2D eigenvalue weighted by molar-refractivity contribution is 5.46. The average molecular weight is 210 g/mol. The van der Waals surface area contributed by atoms with Gasteiger partial charge in [0.2, 0.25) is 0 Å². The van der Waals surface area contributed by atoms with Crippen LogP contribution in [-0.2, 0) is 0 Å². The molecule has 78 valence electrons. The van der Waals surface area contributed by atoms with Gasteiger partial charge in [-0.05, 0) is 12.5 Å². The molecule has 0 saturated carbocycles. The minimum absolute atomic E-state index is 0.0133. The Morgan fingerprint density at radius 3 is 2.67 bits per heavy atom. The fraction of sp³-hybridized carbons (Fsp3) is 0.100. The second-order valence-corrected chi connectivity index (χ2v) is 3.22. The minimum atomic E-state index is -1.00. The van der Waals surface area contributed by atoms with Crippen LogP contribution in [0.5, 0.6) is 5.75 Å². The summed E-state index contributed by atoms with van der Waals surface area (Å²) < 4.78 is 27.1. The first-order valence-electron chi connectivity index (χ1n) is 4.27. The molecule has 0 amide bonds. The number of hydrogen-bond donors (Lipinski definition) is 1. The number of benzene rings is 1. The van der Waals surface area contributed by atoms with Crippen LogP contribution in [0.15, 0.2) is 24.5 Å². The number of hydrogen-bond acceptors (Lipinski definition) is 2. The van der Waals surface area contributed by atoms with Crippen molar-refractivity contribution in [3.8, 4) is 11.4 Å². The molecule has 0 atom stereocenters. The Morgan fingerprint density at radius 1 is 1.33 bits per heavy atom. The van der Waals surface area contributed by atoms with Gasteiger partial charge in [-0.25, -0.2) is 13.5 Å². The predicted molar refractivity (Wildman–Crippen MR) is 49.9 cm³/mol. The van der Waals surface area contributed by atoms with Gasteiger partial charge in [0.05, 0.1) is 6.20 Å². The zero-order valence-electron chi connectivity index (χ0n) is 7.91. The van der Waals surface area contributed by atoms with Crippen molar-refractivity contribution in [2.75, 3.05) is 0 Å². The second-order valence-electron chi connectivity index (χ2n) is 3.22. The molecule has 5 heteroatoms. The van der Waals surface area contributed by atoms with E-state index in [0.29, 0.717) is 6.07 Å². The lowest BCUT2D eigenvalue weighted by Gasteiger charge is -2.05. The first kappa shape index (κ1) is 9.64. The van der Waals surface area contributed by atoms with E-state index in [-0.39, 0.29) is 5.69 Å². The van der Waals surface area contributed by atoms with Crippen molar-refractivity contribution in [3.05, 3.63) is 41.7 Å². The first-order chi connectivity index (χ1) is 7.08. The molecule has 0 aliphatic rings. The second kappa shape index (κ2) is 3.34. The molecule has 3 nitrogen and oxygen atoms in total. The average Bonchev–Trinajstić information content (AvgIpc) is 2.58. The topological polar surface area (TPSA) is 38.0 Å². The van der Waals surface area contributed by atoms with Gasteiger partial charge in [-0.3, -0.25) is 0 Å². The number of aromatic hydroxyl groups is 1. The number of aryl methyl sites for hydroxylation is 1. The standard InChI is InChI=1S/C10H8F2N2O/c1-6-4-13-14(5-6)9-3-7(11)2-8(12)10(9)15/h2-5,15H,1H3. The molecule has 2 rings (SSSR count). The molecule has 0 bridgehead atoms. The number of rotatable bonds is 1. The van der Waals surface area contributed by atoms with Crippen LogP contribution in [0.2, 0.25) is 0 Å². The van der Waals surface area contributed by atoms with Crippen molar-refractivity contribution in [3.63, 3.8) is 0 Å². The summed E-state index contributed by atoms with van der Waals surface area (Å²) in [6, 6.07) is 1.64. The summed E-state index contributed by atoms with van der Waals surface area (Å²) in [7, 11) is 0. The van der Waals surface area contributed by atoms with Crippen molar-refractivity contribution < 1.29 is 13.9 Å². The molecule has 1 aromatic carbocycles. The van der Waals surface area contributed by atoms with Gasteiger partial charge in [0.15, 0.2) is 11.6 Å². The molecule has 0 fully saturated rings. The van der Waals surface area contributed by atoms with E-state index in [9.17, 15) is 13.9 Å².